The van der Waals surface area contributed by atoms with Gasteiger partial charge in [0.25, 0.3) is 0 Å². The summed E-state index contributed by atoms with van der Waals surface area (Å²) in [5, 5.41) is 0. The van der Waals surface area contributed by atoms with Gasteiger partial charge in [-0.2, -0.15) is 0 Å². The maximum atomic E-state index is 5.58. The second-order valence-electron chi connectivity index (χ2n) is 1.39. The molecule has 0 heterocycles. The summed E-state index contributed by atoms with van der Waals surface area (Å²) in [6.07, 6.45) is 0. The highest BCUT2D eigenvalue weighted by atomic mass is 35.5. The standard InChI is InChI=1S/C4H10Cl2N2/c1-2-8(6)4-3-7-5/h7H,2-4H2,1H3. The lowest BCUT2D eigenvalue weighted by Crippen LogP contribution is -2.20. The van der Waals surface area contributed by atoms with E-state index in [9.17, 15) is 0 Å². The molecule has 0 aliphatic heterocycles. The predicted octanol–water partition coefficient (Wildman–Crippen LogP) is 1.21. The van der Waals surface area contributed by atoms with E-state index in [4.69, 9.17) is 23.6 Å². The SMILES string of the molecule is CCN(Cl)CCNCl. The summed E-state index contributed by atoms with van der Waals surface area (Å²) < 4.78 is 1.66. The van der Waals surface area contributed by atoms with Gasteiger partial charge in [0, 0.05) is 19.6 Å². The molecular formula is C4H10Cl2N2. The highest BCUT2D eigenvalue weighted by Gasteiger charge is 1.92. The van der Waals surface area contributed by atoms with Crippen molar-refractivity contribution in [2.75, 3.05) is 19.6 Å². The molecule has 4 heteroatoms. The molecule has 0 saturated carbocycles. The number of rotatable bonds is 4. The van der Waals surface area contributed by atoms with E-state index in [0.29, 0.717) is 0 Å². The van der Waals surface area contributed by atoms with Crippen molar-refractivity contribution in [1.29, 1.82) is 0 Å². The molecule has 0 amide bonds. The summed E-state index contributed by atoms with van der Waals surface area (Å²) in [6.45, 7) is 4.34. The van der Waals surface area contributed by atoms with E-state index in [1.807, 2.05) is 6.92 Å². The zero-order valence-electron chi connectivity index (χ0n) is 4.82. The molecule has 0 radical (unpaired) electrons. The van der Waals surface area contributed by atoms with E-state index < -0.39 is 0 Å². The topological polar surface area (TPSA) is 15.3 Å². The summed E-state index contributed by atoms with van der Waals surface area (Å²) in [4.78, 5) is 2.48. The Morgan fingerprint density at radius 3 is 2.62 bits per heavy atom. The Labute approximate surface area is 60.0 Å². The number of likely N-dealkylation sites (N-methyl/N-ethyl adjacent to an activating group) is 1. The summed E-state index contributed by atoms with van der Waals surface area (Å²) in [5.41, 5.74) is 0. The fourth-order valence-corrected chi connectivity index (χ4v) is 0.491. The van der Waals surface area contributed by atoms with Gasteiger partial charge in [0.1, 0.15) is 0 Å². The quantitative estimate of drug-likeness (QED) is 0.617. The number of nitrogens with one attached hydrogen (secondary N) is 1. The third-order valence-corrected chi connectivity index (χ3v) is 1.39. The van der Waals surface area contributed by atoms with Gasteiger partial charge in [-0.15, -0.1) is 0 Å². The van der Waals surface area contributed by atoms with E-state index in [0.717, 1.165) is 19.6 Å². The molecule has 0 bridgehead atoms. The first kappa shape index (κ1) is 8.50. The average molecular weight is 157 g/mol. The second-order valence-corrected chi connectivity index (χ2v) is 2.13. The largest absolute Gasteiger partial charge is 0.232 e. The summed E-state index contributed by atoms with van der Waals surface area (Å²) >= 11 is 10.7. The van der Waals surface area contributed by atoms with Crippen molar-refractivity contribution < 1.29 is 0 Å². The molecule has 50 valence electrons. The first-order chi connectivity index (χ1) is 3.81. The summed E-state index contributed by atoms with van der Waals surface area (Å²) in [6, 6.07) is 0. The Morgan fingerprint density at radius 2 is 2.25 bits per heavy atom. The minimum atomic E-state index is 0.721. The van der Waals surface area contributed by atoms with Crippen LogP contribution in [0.4, 0.5) is 0 Å². The van der Waals surface area contributed by atoms with Crippen LogP contribution in [0.2, 0.25) is 0 Å². The van der Waals surface area contributed by atoms with Crippen molar-refractivity contribution in [2.45, 2.75) is 6.92 Å². The van der Waals surface area contributed by atoms with E-state index >= 15 is 0 Å². The van der Waals surface area contributed by atoms with Crippen molar-refractivity contribution in [3.8, 4) is 0 Å². The fourth-order valence-electron chi connectivity index (χ4n) is 0.322. The first-order valence-electron chi connectivity index (χ1n) is 2.55. The number of nitrogens with zero attached hydrogens (tertiary/aromatic N) is 1. The van der Waals surface area contributed by atoms with E-state index in [2.05, 4.69) is 4.84 Å². The van der Waals surface area contributed by atoms with Gasteiger partial charge in [0.05, 0.1) is 0 Å². The second kappa shape index (κ2) is 5.63. The van der Waals surface area contributed by atoms with Crippen LogP contribution >= 0.6 is 23.6 Å². The van der Waals surface area contributed by atoms with Crippen LogP contribution in [0.3, 0.4) is 0 Å². The molecule has 0 aromatic heterocycles. The van der Waals surface area contributed by atoms with Crippen LogP contribution in [0.15, 0.2) is 0 Å². The minimum Gasteiger partial charge on any atom is -0.232 e. The van der Waals surface area contributed by atoms with Crippen LogP contribution in [0.25, 0.3) is 0 Å². The van der Waals surface area contributed by atoms with E-state index in [-0.39, 0.29) is 0 Å². The minimum absolute atomic E-state index is 0.721. The van der Waals surface area contributed by atoms with Crippen LogP contribution in [-0.4, -0.2) is 24.1 Å². The Kier molecular flexibility index (Phi) is 5.99. The number of hydrogen-bond donors (Lipinski definition) is 1. The molecule has 1 N–H and O–H groups in total. The molecule has 0 fully saturated rings. The summed E-state index contributed by atoms with van der Waals surface area (Å²) in [5.74, 6) is 0. The number of hydrogen-bond acceptors (Lipinski definition) is 2. The third-order valence-electron chi connectivity index (χ3n) is 0.792. The Hall–Kier alpha value is 0.500. The predicted molar refractivity (Wildman–Crippen MR) is 37.0 cm³/mol. The zero-order chi connectivity index (χ0) is 6.41. The molecule has 0 unspecified atom stereocenters. The zero-order valence-corrected chi connectivity index (χ0v) is 6.34. The Bertz CT molecular complexity index is 51.3. The lowest BCUT2D eigenvalue weighted by Gasteiger charge is -2.07. The normalized spacial score (nSPS) is 10.5. The summed E-state index contributed by atoms with van der Waals surface area (Å²) in [7, 11) is 0. The van der Waals surface area contributed by atoms with Gasteiger partial charge in [-0.3, -0.25) is 0 Å². The molecule has 0 aromatic rings. The van der Waals surface area contributed by atoms with Crippen molar-refractivity contribution in [1.82, 2.24) is 9.25 Å². The first-order valence-corrected chi connectivity index (χ1v) is 3.27. The smallest absolute Gasteiger partial charge is 0.0277 e. The van der Waals surface area contributed by atoms with Gasteiger partial charge in [-0.25, -0.2) is 9.25 Å². The highest BCUT2D eigenvalue weighted by Crippen LogP contribution is 1.89. The molecule has 0 saturated heterocycles. The van der Waals surface area contributed by atoms with E-state index in [1.54, 1.807) is 4.42 Å². The molecule has 2 nitrogen and oxygen atoms in total. The van der Waals surface area contributed by atoms with Gasteiger partial charge in [-0.1, -0.05) is 6.92 Å². The molecule has 0 spiro atoms. The van der Waals surface area contributed by atoms with Crippen molar-refractivity contribution in [3.63, 3.8) is 0 Å². The number of halogens is 2. The molecule has 0 aliphatic rings. The van der Waals surface area contributed by atoms with Crippen LogP contribution in [0, 0.1) is 0 Å². The molecular weight excluding hydrogens is 147 g/mol. The maximum Gasteiger partial charge on any atom is 0.0277 e. The average Bonchev–Trinajstić information content (AvgIpc) is 1.83. The fraction of sp³-hybridized carbons (Fsp3) is 1.00. The van der Waals surface area contributed by atoms with Gasteiger partial charge in [-0.05, 0) is 23.6 Å². The van der Waals surface area contributed by atoms with Crippen molar-refractivity contribution in [2.24, 2.45) is 0 Å². The van der Waals surface area contributed by atoms with Crippen LogP contribution < -0.4 is 4.84 Å². The maximum absolute atomic E-state index is 5.58. The van der Waals surface area contributed by atoms with Gasteiger partial charge >= 0.3 is 0 Å². The lowest BCUT2D eigenvalue weighted by molar-refractivity contribution is 0.483. The molecule has 8 heavy (non-hydrogen) atoms. The van der Waals surface area contributed by atoms with Crippen LogP contribution in [0.5, 0.6) is 0 Å². The third kappa shape index (κ3) is 4.65. The van der Waals surface area contributed by atoms with Gasteiger partial charge < -0.3 is 0 Å². The molecule has 0 aromatic carbocycles. The molecule has 0 aliphatic carbocycles. The molecule has 0 rings (SSSR count). The van der Waals surface area contributed by atoms with Crippen LogP contribution in [0.1, 0.15) is 6.92 Å². The van der Waals surface area contributed by atoms with Crippen molar-refractivity contribution in [3.05, 3.63) is 0 Å². The Balaban J connectivity index is 2.86. The molecule has 0 atom stereocenters. The van der Waals surface area contributed by atoms with E-state index in [1.165, 1.54) is 0 Å². The highest BCUT2D eigenvalue weighted by molar-refractivity contribution is 6.14. The van der Waals surface area contributed by atoms with Crippen molar-refractivity contribution >= 4 is 23.6 Å². The van der Waals surface area contributed by atoms with Gasteiger partial charge in [0.15, 0.2) is 0 Å². The van der Waals surface area contributed by atoms with Crippen LogP contribution in [-0.2, 0) is 0 Å². The monoisotopic (exact) mass is 156 g/mol. The Morgan fingerprint density at radius 1 is 1.62 bits per heavy atom. The van der Waals surface area contributed by atoms with Gasteiger partial charge in [0.2, 0.25) is 0 Å². The lowest BCUT2D eigenvalue weighted by atomic mass is 10.6.